The van der Waals surface area contributed by atoms with E-state index in [9.17, 15) is 14.4 Å². The van der Waals surface area contributed by atoms with Crippen LogP contribution < -0.4 is 0 Å². The Balaban J connectivity index is 1.63. The Bertz CT molecular complexity index is 1070. The van der Waals surface area contributed by atoms with E-state index in [-0.39, 0.29) is 23.4 Å². The molecule has 6 nitrogen and oxygen atoms in total. The van der Waals surface area contributed by atoms with Crippen molar-refractivity contribution in [2.75, 3.05) is 14.1 Å². The number of hydrogen-bond acceptors (Lipinski definition) is 4. The van der Waals surface area contributed by atoms with E-state index in [0.29, 0.717) is 16.9 Å². The number of carbonyl (C=O) groups is 3. The fraction of sp³-hybridized carbons (Fsp3) is 0.190. The zero-order valence-corrected chi connectivity index (χ0v) is 15.2. The Morgan fingerprint density at radius 2 is 1.74 bits per heavy atom. The Morgan fingerprint density at radius 3 is 2.48 bits per heavy atom. The van der Waals surface area contributed by atoms with Crippen LogP contribution in [0.1, 0.15) is 49.8 Å². The van der Waals surface area contributed by atoms with Crippen molar-refractivity contribution in [2.45, 2.75) is 13.0 Å². The summed E-state index contributed by atoms with van der Waals surface area (Å²) < 4.78 is 5.86. The van der Waals surface area contributed by atoms with Crippen molar-refractivity contribution >= 4 is 28.7 Å². The Kier molecular flexibility index (Phi) is 3.84. The summed E-state index contributed by atoms with van der Waals surface area (Å²) >= 11 is 0. The van der Waals surface area contributed by atoms with Crippen LogP contribution in [-0.2, 0) is 0 Å². The maximum absolute atomic E-state index is 12.9. The first-order valence-electron chi connectivity index (χ1n) is 8.60. The second-order valence-corrected chi connectivity index (χ2v) is 6.71. The number of imide groups is 1. The predicted molar refractivity (Wildman–Crippen MR) is 99.6 cm³/mol. The Hall–Kier alpha value is -3.41. The monoisotopic (exact) mass is 362 g/mol. The number of carbonyl (C=O) groups excluding carboxylic acids is 3. The molecule has 136 valence electrons. The summed E-state index contributed by atoms with van der Waals surface area (Å²) in [6.07, 6.45) is 0. The van der Waals surface area contributed by atoms with Gasteiger partial charge in [0.25, 0.3) is 17.7 Å². The van der Waals surface area contributed by atoms with Gasteiger partial charge in [0.05, 0.1) is 17.2 Å². The van der Waals surface area contributed by atoms with Crippen molar-refractivity contribution in [3.63, 3.8) is 0 Å². The minimum atomic E-state index is -0.391. The van der Waals surface area contributed by atoms with Crippen molar-refractivity contribution < 1.29 is 18.8 Å². The van der Waals surface area contributed by atoms with Crippen molar-refractivity contribution in [1.29, 1.82) is 0 Å². The molecule has 1 aliphatic rings. The highest BCUT2D eigenvalue weighted by Crippen LogP contribution is 2.28. The molecule has 0 radical (unpaired) electrons. The molecule has 0 N–H and O–H groups in total. The van der Waals surface area contributed by atoms with Gasteiger partial charge in [-0.05, 0) is 37.3 Å². The average Bonchev–Trinajstić information content (AvgIpc) is 3.22. The first kappa shape index (κ1) is 17.0. The number of para-hydroxylation sites is 1. The molecule has 0 saturated carbocycles. The summed E-state index contributed by atoms with van der Waals surface area (Å²) in [5, 5.41) is 0.977. The fourth-order valence-electron chi connectivity index (χ4n) is 3.27. The number of furan rings is 1. The largest absolute Gasteiger partial charge is 0.459 e. The fourth-order valence-corrected chi connectivity index (χ4v) is 3.27. The van der Waals surface area contributed by atoms with Crippen LogP contribution in [0.5, 0.6) is 0 Å². The van der Waals surface area contributed by atoms with Crippen molar-refractivity contribution in [3.05, 3.63) is 71.0 Å². The van der Waals surface area contributed by atoms with Crippen molar-refractivity contribution in [3.8, 4) is 0 Å². The van der Waals surface area contributed by atoms with E-state index in [1.165, 1.54) is 19.2 Å². The molecule has 1 aromatic heterocycles. The molecule has 27 heavy (non-hydrogen) atoms. The zero-order valence-electron chi connectivity index (χ0n) is 15.2. The standard InChI is InChI=1S/C21H18N2O4/c1-12(18-11-13-6-4-5-7-17(13)27-18)22(2)19(24)14-8-9-15-16(10-14)21(26)23(3)20(15)25/h4-12H,1-3H3/t12-/m1/s1. The molecule has 0 aliphatic carbocycles. The molecule has 1 aliphatic heterocycles. The van der Waals surface area contributed by atoms with Gasteiger partial charge in [0.2, 0.25) is 0 Å². The Labute approximate surface area is 156 Å². The van der Waals surface area contributed by atoms with Crippen LogP contribution in [0.25, 0.3) is 11.0 Å². The summed E-state index contributed by atoms with van der Waals surface area (Å²) in [6.45, 7) is 1.88. The average molecular weight is 362 g/mol. The van der Waals surface area contributed by atoms with E-state index in [0.717, 1.165) is 15.9 Å². The SMILES string of the molecule is C[C@H](c1cc2ccccc2o1)N(C)C(=O)c1ccc2c(c1)C(=O)N(C)C2=O. The highest BCUT2D eigenvalue weighted by Gasteiger charge is 2.33. The van der Waals surface area contributed by atoms with Crippen LogP contribution in [0, 0.1) is 0 Å². The van der Waals surface area contributed by atoms with E-state index >= 15 is 0 Å². The summed E-state index contributed by atoms with van der Waals surface area (Å²) in [5.74, 6) is -0.310. The molecule has 0 bridgehead atoms. The molecule has 0 saturated heterocycles. The van der Waals surface area contributed by atoms with Crippen LogP contribution >= 0.6 is 0 Å². The molecule has 0 unspecified atom stereocenters. The van der Waals surface area contributed by atoms with Crippen molar-refractivity contribution in [1.82, 2.24) is 9.80 Å². The molecule has 4 rings (SSSR count). The minimum Gasteiger partial charge on any atom is -0.459 e. The highest BCUT2D eigenvalue weighted by atomic mass is 16.3. The lowest BCUT2D eigenvalue weighted by Crippen LogP contribution is -2.29. The first-order chi connectivity index (χ1) is 12.9. The molecule has 3 amide bonds. The second kappa shape index (κ2) is 6.09. The lowest BCUT2D eigenvalue weighted by Gasteiger charge is -2.23. The van der Waals surface area contributed by atoms with Crippen LogP contribution in [0.3, 0.4) is 0 Å². The maximum atomic E-state index is 12.9. The molecular weight excluding hydrogens is 344 g/mol. The lowest BCUT2D eigenvalue weighted by molar-refractivity contribution is 0.0692. The van der Waals surface area contributed by atoms with Gasteiger partial charge in [0.1, 0.15) is 11.3 Å². The number of benzene rings is 2. The summed E-state index contributed by atoms with van der Waals surface area (Å²) in [6, 6.07) is 13.9. The van der Waals surface area contributed by atoms with Gasteiger partial charge in [0, 0.05) is 25.0 Å². The van der Waals surface area contributed by atoms with Crippen LogP contribution in [0.4, 0.5) is 0 Å². The third kappa shape index (κ3) is 2.61. The first-order valence-corrected chi connectivity index (χ1v) is 8.60. The van der Waals surface area contributed by atoms with Crippen LogP contribution in [-0.4, -0.2) is 41.6 Å². The highest BCUT2D eigenvalue weighted by molar-refractivity contribution is 6.21. The molecule has 6 heteroatoms. The molecule has 3 aromatic rings. The Morgan fingerprint density at radius 1 is 1.04 bits per heavy atom. The molecule has 2 aromatic carbocycles. The smallest absolute Gasteiger partial charge is 0.261 e. The molecule has 0 fully saturated rings. The number of nitrogens with zero attached hydrogens (tertiary/aromatic N) is 2. The number of amides is 3. The lowest BCUT2D eigenvalue weighted by atomic mass is 10.0. The number of fused-ring (bicyclic) bond motifs is 2. The molecular formula is C21H18N2O4. The normalized spacial score (nSPS) is 14.6. The predicted octanol–water partition coefficient (Wildman–Crippen LogP) is 3.49. The van der Waals surface area contributed by atoms with E-state index in [1.807, 2.05) is 37.3 Å². The van der Waals surface area contributed by atoms with E-state index in [1.54, 1.807) is 18.0 Å². The third-order valence-corrected chi connectivity index (χ3v) is 5.09. The van der Waals surface area contributed by atoms with Gasteiger partial charge < -0.3 is 9.32 Å². The molecule has 2 heterocycles. The minimum absolute atomic E-state index is 0.249. The van der Waals surface area contributed by atoms with E-state index in [2.05, 4.69) is 0 Å². The van der Waals surface area contributed by atoms with Gasteiger partial charge in [-0.3, -0.25) is 19.3 Å². The van der Waals surface area contributed by atoms with Gasteiger partial charge in [-0.15, -0.1) is 0 Å². The number of rotatable bonds is 3. The zero-order chi connectivity index (χ0) is 19.3. The van der Waals surface area contributed by atoms with Crippen molar-refractivity contribution in [2.24, 2.45) is 0 Å². The second-order valence-electron chi connectivity index (χ2n) is 6.71. The van der Waals surface area contributed by atoms with Gasteiger partial charge in [0.15, 0.2) is 0 Å². The third-order valence-electron chi connectivity index (χ3n) is 5.09. The van der Waals surface area contributed by atoms with Crippen LogP contribution in [0.15, 0.2) is 52.9 Å². The topological polar surface area (TPSA) is 70.8 Å². The summed E-state index contributed by atoms with van der Waals surface area (Å²) in [7, 11) is 3.12. The maximum Gasteiger partial charge on any atom is 0.261 e. The quantitative estimate of drug-likeness (QED) is 0.669. The van der Waals surface area contributed by atoms with Gasteiger partial charge >= 0.3 is 0 Å². The summed E-state index contributed by atoms with van der Waals surface area (Å²) in [4.78, 5) is 39.7. The summed E-state index contributed by atoms with van der Waals surface area (Å²) in [5.41, 5.74) is 1.71. The van der Waals surface area contributed by atoms with Gasteiger partial charge in [-0.25, -0.2) is 0 Å². The van der Waals surface area contributed by atoms with Gasteiger partial charge in [-0.2, -0.15) is 0 Å². The number of hydrogen-bond donors (Lipinski definition) is 0. The molecule has 0 spiro atoms. The van der Waals surface area contributed by atoms with E-state index in [4.69, 9.17) is 4.42 Å². The van der Waals surface area contributed by atoms with Crippen LogP contribution in [0.2, 0.25) is 0 Å². The van der Waals surface area contributed by atoms with Gasteiger partial charge in [-0.1, -0.05) is 18.2 Å². The van der Waals surface area contributed by atoms with E-state index < -0.39 is 5.91 Å². The molecule has 1 atom stereocenters.